The molecule has 0 spiro atoms. The molecule has 2 unspecified atom stereocenters. The summed E-state index contributed by atoms with van der Waals surface area (Å²) in [5, 5.41) is 7.27. The summed E-state index contributed by atoms with van der Waals surface area (Å²) in [6.07, 6.45) is 1.89. The van der Waals surface area contributed by atoms with Crippen LogP contribution in [-0.4, -0.2) is 4.98 Å². The lowest BCUT2D eigenvalue weighted by Gasteiger charge is -2.47. The smallest absolute Gasteiger partial charge is 0.0704 e. The summed E-state index contributed by atoms with van der Waals surface area (Å²) in [4.78, 5) is 7.22. The van der Waals surface area contributed by atoms with Gasteiger partial charge in [0.25, 0.3) is 0 Å². The predicted molar refractivity (Wildman–Crippen MR) is 223 cm³/mol. The average molecular weight is 717 g/mol. The van der Waals surface area contributed by atoms with Gasteiger partial charge in [0.1, 0.15) is 0 Å². The molecule has 0 N–H and O–H groups in total. The Morgan fingerprint density at radius 2 is 0.980 bits per heavy atom. The first-order valence-electron chi connectivity index (χ1n) is 16.8. The molecule has 6 aromatic carbocycles. The third kappa shape index (κ3) is 4.70. The minimum absolute atomic E-state index is 0.968. The highest BCUT2D eigenvalue weighted by Gasteiger charge is 2.46. The summed E-state index contributed by atoms with van der Waals surface area (Å²) >= 11 is 14.3. The van der Waals surface area contributed by atoms with Crippen molar-refractivity contribution in [3.05, 3.63) is 168 Å². The third-order valence-electron chi connectivity index (χ3n) is 10.0. The fraction of sp³-hybridized carbons (Fsp3) is 0.0682. The molecule has 9 rings (SSSR count). The first kappa shape index (κ1) is 31.5. The van der Waals surface area contributed by atoms with Gasteiger partial charge in [-0.3, -0.25) is 4.98 Å². The molecule has 242 valence electrons. The number of benzene rings is 6. The lowest BCUT2D eigenvalue weighted by molar-refractivity contribution is 1.29. The van der Waals surface area contributed by atoms with Crippen LogP contribution in [0.3, 0.4) is 0 Å². The topological polar surface area (TPSA) is 16.1 Å². The van der Waals surface area contributed by atoms with Crippen molar-refractivity contribution >= 4 is 84.6 Å². The Morgan fingerprint density at radius 3 is 1.52 bits per heavy atom. The van der Waals surface area contributed by atoms with E-state index in [0.29, 0.717) is 0 Å². The Labute approximate surface area is 304 Å². The zero-order valence-corrected chi connectivity index (χ0v) is 31.5. The van der Waals surface area contributed by atoms with Crippen molar-refractivity contribution in [1.82, 2.24) is 4.98 Å². The van der Waals surface area contributed by atoms with Crippen LogP contribution in [0, 0.1) is 20.8 Å². The SMILES string of the molecule is Cc1ccnc(-c2cccc(-c3cc4c5c(c3)P(=S)(c3ccccc3)c3cc(C)ccc3N5c3ccc(C)cc3P4(=S)c3ccccc3)c2)c1. The second kappa shape index (κ2) is 11.8. The number of aromatic nitrogens is 1. The molecule has 7 aromatic rings. The van der Waals surface area contributed by atoms with E-state index in [4.69, 9.17) is 28.6 Å². The summed E-state index contributed by atoms with van der Waals surface area (Å²) in [6, 6.07) is 48.0. The number of rotatable bonds is 4. The van der Waals surface area contributed by atoms with Crippen molar-refractivity contribution in [2.45, 2.75) is 20.8 Å². The maximum Gasteiger partial charge on any atom is 0.0704 e. The summed E-state index contributed by atoms with van der Waals surface area (Å²) in [5.41, 5.74) is 11.4. The number of hydrogen-bond acceptors (Lipinski definition) is 4. The number of aryl methyl sites for hydroxylation is 3. The molecule has 2 nitrogen and oxygen atoms in total. The molecule has 3 heterocycles. The number of hydrogen-bond donors (Lipinski definition) is 0. The molecule has 0 saturated heterocycles. The van der Waals surface area contributed by atoms with Crippen LogP contribution >= 0.6 is 12.1 Å². The van der Waals surface area contributed by atoms with Gasteiger partial charge in [0.15, 0.2) is 0 Å². The van der Waals surface area contributed by atoms with Crippen LogP contribution in [0.4, 0.5) is 17.1 Å². The van der Waals surface area contributed by atoms with E-state index < -0.39 is 12.1 Å². The molecular formula is C44H34N2P2S2. The molecule has 0 bridgehead atoms. The van der Waals surface area contributed by atoms with E-state index in [9.17, 15) is 0 Å². The molecular weight excluding hydrogens is 683 g/mol. The monoisotopic (exact) mass is 716 g/mol. The van der Waals surface area contributed by atoms with Crippen LogP contribution in [0.2, 0.25) is 0 Å². The van der Waals surface area contributed by atoms with Crippen molar-refractivity contribution in [2.24, 2.45) is 0 Å². The van der Waals surface area contributed by atoms with Gasteiger partial charge in [-0.15, -0.1) is 0 Å². The Hall–Kier alpha value is -4.43. The highest BCUT2D eigenvalue weighted by molar-refractivity contribution is 8.27. The molecule has 0 radical (unpaired) electrons. The molecule has 2 aliphatic heterocycles. The third-order valence-corrected chi connectivity index (χ3v) is 19.8. The van der Waals surface area contributed by atoms with Gasteiger partial charge < -0.3 is 4.90 Å². The minimum atomic E-state index is -2.56. The van der Waals surface area contributed by atoms with Gasteiger partial charge in [0.05, 0.1) is 22.8 Å². The maximum atomic E-state index is 7.16. The van der Waals surface area contributed by atoms with Crippen LogP contribution in [-0.2, 0) is 23.6 Å². The van der Waals surface area contributed by atoms with Crippen LogP contribution in [0.15, 0.2) is 152 Å². The van der Waals surface area contributed by atoms with E-state index in [1.807, 2.05) is 12.3 Å². The molecule has 0 saturated carbocycles. The van der Waals surface area contributed by atoms with Gasteiger partial charge in [0, 0.05) is 45.1 Å². The summed E-state index contributed by atoms with van der Waals surface area (Å²) in [7, 11) is 0. The van der Waals surface area contributed by atoms with Crippen molar-refractivity contribution < 1.29 is 0 Å². The van der Waals surface area contributed by atoms with Crippen LogP contribution < -0.4 is 36.7 Å². The van der Waals surface area contributed by atoms with Gasteiger partial charge in [-0.2, -0.15) is 0 Å². The van der Waals surface area contributed by atoms with Crippen molar-refractivity contribution in [2.75, 3.05) is 4.90 Å². The second-order valence-corrected chi connectivity index (χ2v) is 22.1. The number of nitrogens with zero attached hydrogens (tertiary/aromatic N) is 2. The van der Waals surface area contributed by atoms with Crippen molar-refractivity contribution in [1.29, 1.82) is 0 Å². The first-order valence-corrected chi connectivity index (χ1v) is 22.4. The zero-order chi connectivity index (χ0) is 34.2. The van der Waals surface area contributed by atoms with E-state index in [1.54, 1.807) is 0 Å². The van der Waals surface area contributed by atoms with Crippen LogP contribution in [0.5, 0.6) is 0 Å². The predicted octanol–water partition coefficient (Wildman–Crippen LogP) is 8.95. The Kier molecular flexibility index (Phi) is 7.46. The number of pyridine rings is 1. The van der Waals surface area contributed by atoms with E-state index in [-0.39, 0.29) is 0 Å². The van der Waals surface area contributed by atoms with E-state index in [2.05, 4.69) is 165 Å². The summed E-state index contributed by atoms with van der Waals surface area (Å²) < 4.78 is 0. The standard InChI is InChI=1S/C44H34N2P2S2/c1-29-17-19-38-40(24-29)47(49,35-13-6-4-7-14-35)42-27-34(32-11-10-12-33(26-32)37-23-31(3)21-22-45-37)28-43-44(42)46(38)39-20-18-30(2)25-41(39)48(43,50)36-15-8-5-9-16-36/h4-28H,1-3H3. The molecule has 6 heteroatoms. The van der Waals surface area contributed by atoms with Gasteiger partial charge in [0.2, 0.25) is 0 Å². The average Bonchev–Trinajstić information content (AvgIpc) is 3.15. The fourth-order valence-corrected chi connectivity index (χ4v) is 16.4. The maximum absolute atomic E-state index is 7.16. The van der Waals surface area contributed by atoms with E-state index in [1.165, 1.54) is 54.2 Å². The zero-order valence-electron chi connectivity index (χ0n) is 28.0. The van der Waals surface area contributed by atoms with Gasteiger partial charge >= 0.3 is 0 Å². The van der Waals surface area contributed by atoms with Crippen LogP contribution in [0.1, 0.15) is 16.7 Å². The molecule has 0 aliphatic carbocycles. The van der Waals surface area contributed by atoms with Gasteiger partial charge in [-0.05, 0) is 103 Å². The summed E-state index contributed by atoms with van der Waals surface area (Å²) in [6.45, 7) is 6.47. The van der Waals surface area contributed by atoms with Gasteiger partial charge in [-0.25, -0.2) is 0 Å². The van der Waals surface area contributed by atoms with Gasteiger partial charge in [-0.1, -0.05) is 126 Å². The molecule has 2 aliphatic rings. The molecule has 2 atom stereocenters. The largest absolute Gasteiger partial charge is 0.308 e. The van der Waals surface area contributed by atoms with Crippen molar-refractivity contribution in [3.63, 3.8) is 0 Å². The first-order chi connectivity index (χ1) is 24.3. The highest BCUT2D eigenvalue weighted by Crippen LogP contribution is 2.61. The molecule has 1 aromatic heterocycles. The quantitative estimate of drug-likeness (QED) is 0.169. The molecule has 0 fully saturated rings. The minimum Gasteiger partial charge on any atom is -0.308 e. The molecule has 50 heavy (non-hydrogen) atoms. The normalized spacial score (nSPS) is 18.6. The molecule has 0 amide bonds. The summed E-state index contributed by atoms with van der Waals surface area (Å²) in [5.74, 6) is 0. The second-order valence-electron chi connectivity index (χ2n) is 13.4. The Balaban J connectivity index is 1.44. The lowest BCUT2D eigenvalue weighted by Crippen LogP contribution is -2.46. The lowest BCUT2D eigenvalue weighted by atomic mass is 10.00. The highest BCUT2D eigenvalue weighted by atomic mass is 32.4. The Bertz CT molecular complexity index is 2470. The number of anilines is 3. The van der Waals surface area contributed by atoms with Crippen molar-refractivity contribution in [3.8, 4) is 22.4 Å². The van der Waals surface area contributed by atoms with E-state index in [0.717, 1.165) is 33.8 Å². The fourth-order valence-electron chi connectivity index (χ4n) is 7.64. The van der Waals surface area contributed by atoms with Crippen LogP contribution in [0.25, 0.3) is 22.4 Å². The Morgan fingerprint density at radius 1 is 0.460 bits per heavy atom. The van der Waals surface area contributed by atoms with E-state index >= 15 is 0 Å². The number of fused-ring (bicyclic) bond motifs is 4.